The van der Waals surface area contributed by atoms with E-state index in [1.54, 1.807) is 115 Å². The maximum absolute atomic E-state index is 13.2. The van der Waals surface area contributed by atoms with Gasteiger partial charge >= 0.3 is 0 Å². The van der Waals surface area contributed by atoms with Crippen LogP contribution in [0, 0.1) is 45.3 Å². The van der Waals surface area contributed by atoms with Gasteiger partial charge in [-0.2, -0.15) is 30.2 Å². The summed E-state index contributed by atoms with van der Waals surface area (Å²) in [6.07, 6.45) is 12.5. The summed E-state index contributed by atoms with van der Waals surface area (Å²) in [5, 5.41) is 10.2. The van der Waals surface area contributed by atoms with Crippen molar-refractivity contribution < 1.29 is 33.2 Å². The minimum absolute atomic E-state index is 0.000321. The molecule has 20 rings (SSSR count). The lowest BCUT2D eigenvalue weighted by molar-refractivity contribution is 0.0972. The van der Waals surface area contributed by atoms with E-state index in [2.05, 4.69) is 60.5 Å². The molecule has 10 aliphatic heterocycles. The number of benzene rings is 4. The molecule has 39 nitrogen and oxygen atoms in total. The Kier molecular flexibility index (Phi) is 32.1. The molecule has 10 fully saturated rings. The number of hydrogen-bond acceptors (Lipinski definition) is 34. The molecule has 10 aromatic rings. The molecule has 6 aromatic heterocycles. The summed E-state index contributed by atoms with van der Waals surface area (Å²) in [6.45, 7) is 24.2. The Labute approximate surface area is 864 Å². The van der Waals surface area contributed by atoms with E-state index in [0.717, 1.165) is 141 Å². The van der Waals surface area contributed by atoms with Crippen LogP contribution in [-0.4, -0.2) is 232 Å². The zero-order valence-corrected chi connectivity index (χ0v) is 87.4. The van der Waals surface area contributed by atoms with Crippen LogP contribution in [0.25, 0.3) is 55.6 Å². The third-order valence-electron chi connectivity index (χ3n) is 32.5. The van der Waals surface area contributed by atoms with Crippen LogP contribution in [0.2, 0.25) is 15.1 Å². The average Bonchev–Trinajstić information content (AvgIpc) is 1.57. The number of anilines is 10. The molecule has 0 bridgehead atoms. The number of piperidine rings is 5. The van der Waals surface area contributed by atoms with Gasteiger partial charge in [-0.25, -0.2) is 0 Å². The van der Waals surface area contributed by atoms with Crippen LogP contribution in [0.1, 0.15) is 110 Å². The second-order valence-corrected chi connectivity index (χ2v) is 42.3. The number of nitrogen functional groups attached to an aromatic ring is 5. The molecule has 0 radical (unpaired) electrons. The van der Waals surface area contributed by atoms with Gasteiger partial charge in [-0.1, -0.05) is 89.4 Å². The van der Waals surface area contributed by atoms with Crippen LogP contribution >= 0.6 is 34.8 Å². The average molecular weight is 2060 g/mol. The summed E-state index contributed by atoms with van der Waals surface area (Å²) in [5.74, 6) is 4.67. The standard InChI is InChI=1S/C23H33N5O4.C21H26N6O2.C21H29N5O2.C20H25Cl2N5O2.C19H25ClN6O2/c1-15-19(24)23(14-32-15)8-10-28(11-9-23)22-26-20(25)18(21(29)27(22)2)16-4-6-17(7-5-16)31-13-12-30-3;1-13-17(23)21(12-29-13)7-9-27(10-8-21)20-25-18(24)16(19(28)26(20)2)15-5-3-14(11-22)4-6-15;1-13-6-4-5-7-15(13)16-18(23)24-20(25(3)19(16)27)26-10-8-21(9-11-26)12-28-14(2)17(21)22;1-11-16(23)20(10-29-11)5-7-27(8-6-20)19-25-17(24)15(18(28)26(19)2)12-3-4-13(21)14(22)9-12;1-11-15(21)19(10-28-11)3-5-26(6-4-19)18-24-16(22)14(17(27)25(18)2)12-7-13(20)9-23-8-12/h4-7,15,19H,8-14,24-25H2,1-3H3;3-6,13,17H,7-10,12,23-24H2,1-2H3;4-7,14,17H,8-12,22-23H2,1-3H3;3-4,9,11,16H,5-8,10,23-24H2,1-2H3;7-9,11,15H,3-6,10,21-22H2,1-2H3/t15-,19+;13-,17+;14-,17+;11-,16+;11-,15+/m00000/s1. The number of aromatic nitrogens is 11. The van der Waals surface area contributed by atoms with Crippen molar-refractivity contribution in [3.8, 4) is 67.5 Å². The number of nitrogens with two attached hydrogens (primary N) is 10. The minimum atomic E-state index is -0.222. The van der Waals surface area contributed by atoms with E-state index >= 15 is 0 Å². The maximum atomic E-state index is 13.2. The number of rotatable bonds is 14. The predicted molar refractivity (Wildman–Crippen MR) is 573 cm³/mol. The highest BCUT2D eigenvalue weighted by Gasteiger charge is 2.53. The largest absolute Gasteiger partial charge is 0.491 e. The summed E-state index contributed by atoms with van der Waals surface area (Å²) >= 11 is 18.1. The van der Waals surface area contributed by atoms with Crippen LogP contribution < -0.4 is 114 Å². The number of ether oxygens (including phenoxy) is 7. The highest BCUT2D eigenvalue weighted by atomic mass is 35.5. The Morgan fingerprint density at radius 3 is 0.952 bits per heavy atom. The van der Waals surface area contributed by atoms with Crippen LogP contribution in [-0.2, 0) is 63.7 Å². The zero-order valence-electron chi connectivity index (χ0n) is 85.2. The van der Waals surface area contributed by atoms with E-state index in [4.69, 9.17) is 131 Å². The number of halogens is 3. The lowest BCUT2D eigenvalue weighted by atomic mass is 9.73. The number of pyridine rings is 1. The Balaban J connectivity index is 0.000000131. The summed E-state index contributed by atoms with van der Waals surface area (Å²) in [7, 11) is 10.3. The van der Waals surface area contributed by atoms with Crippen molar-refractivity contribution >= 4 is 93.6 Å². The van der Waals surface area contributed by atoms with E-state index in [-0.39, 0.29) is 145 Å². The number of nitrogens with zero attached hydrogens (tertiary/aromatic N) is 17. The second kappa shape index (κ2) is 43.9. The molecule has 20 N–H and O–H groups in total. The maximum Gasteiger partial charge on any atom is 0.264 e. The van der Waals surface area contributed by atoms with Gasteiger partial charge < -0.3 is 115 Å². The van der Waals surface area contributed by atoms with Gasteiger partial charge in [0.2, 0.25) is 29.7 Å². The lowest BCUT2D eigenvalue weighted by Crippen LogP contribution is -2.51. The van der Waals surface area contributed by atoms with Crippen molar-refractivity contribution in [2.24, 2.45) is 91.0 Å². The fourth-order valence-corrected chi connectivity index (χ4v) is 23.1. The molecule has 0 amide bonds. The molecule has 0 saturated carbocycles. The fraction of sp³-hybridized carbons (Fsp3) is 0.519. The number of nitriles is 1. The summed E-state index contributed by atoms with van der Waals surface area (Å²) in [6, 6.07) is 30.7. The van der Waals surface area contributed by atoms with E-state index in [9.17, 15) is 24.0 Å². The van der Waals surface area contributed by atoms with Crippen molar-refractivity contribution in [2.45, 2.75) is 166 Å². The molecule has 782 valence electrons. The first-order chi connectivity index (χ1) is 69.6. The normalized spacial score (nSPS) is 23.5. The zero-order chi connectivity index (χ0) is 105. The third kappa shape index (κ3) is 21.0. The van der Waals surface area contributed by atoms with Gasteiger partial charge in [0.25, 0.3) is 27.8 Å². The number of methoxy groups -OCH3 is 1. The first-order valence-electron chi connectivity index (χ1n) is 49.9. The molecule has 10 atom stereocenters. The third-order valence-corrected chi connectivity index (χ3v) is 33.5. The second-order valence-electron chi connectivity index (χ2n) is 41.0. The van der Waals surface area contributed by atoms with Crippen LogP contribution in [0.3, 0.4) is 0 Å². The molecular formula is C104H138Cl3N27O12. The van der Waals surface area contributed by atoms with E-state index in [1.165, 1.54) is 10.8 Å². The quantitative estimate of drug-likeness (QED) is 0.0457. The Hall–Kier alpha value is -11.9. The van der Waals surface area contributed by atoms with Gasteiger partial charge in [-0.05, 0) is 176 Å². The predicted octanol–water partition coefficient (Wildman–Crippen LogP) is 8.37. The molecule has 16 heterocycles. The smallest absolute Gasteiger partial charge is 0.264 e. The lowest BCUT2D eigenvalue weighted by Gasteiger charge is -2.41. The van der Waals surface area contributed by atoms with Crippen molar-refractivity contribution in [1.29, 1.82) is 5.26 Å². The van der Waals surface area contributed by atoms with Gasteiger partial charge in [0.15, 0.2) is 0 Å². The topological polar surface area (TPSA) is 552 Å². The molecule has 146 heavy (non-hydrogen) atoms. The van der Waals surface area contributed by atoms with Crippen LogP contribution in [0.15, 0.2) is 133 Å². The molecule has 0 unspecified atom stereocenters. The molecule has 0 aliphatic carbocycles. The van der Waals surface area contributed by atoms with E-state index < -0.39 is 0 Å². The number of hydrogen-bond donors (Lipinski definition) is 10. The highest BCUT2D eigenvalue weighted by Crippen LogP contribution is 2.49. The molecular weight excluding hydrogens is 1930 g/mol. The van der Waals surface area contributed by atoms with Gasteiger partial charge in [-0.15, -0.1) is 0 Å². The van der Waals surface area contributed by atoms with E-state index in [0.29, 0.717) is 152 Å². The van der Waals surface area contributed by atoms with Gasteiger partial charge in [-0.3, -0.25) is 51.8 Å². The SMILES string of the molecule is COCCOc1ccc(-c2c(N)nc(N3CCC4(CC3)CO[C@@H](C)[C@H]4N)n(C)c2=O)cc1.C[C@@H]1OCC2(CCN(c3nc(N)c(-c4ccc(C#N)cc4)c(=O)n3C)CC2)[C@@H]1N.C[C@@H]1OCC2(CCN(c3nc(N)c(-c4ccc(Cl)c(Cl)c4)c(=O)n3C)CC2)[C@@H]1N.C[C@@H]1OCC2(CCN(c3nc(N)c(-c4cncc(Cl)c4)c(=O)n3C)CC2)[C@@H]1N.Cc1ccccc1-c1c(N)nc(N2CCC3(CC2)CO[C@@H](C)[C@H]3N)n(C)c1=O. The van der Waals surface area contributed by atoms with Gasteiger partial charge in [0.05, 0.1) is 125 Å². The summed E-state index contributed by atoms with van der Waals surface area (Å²) < 4.78 is 47.4. The fourth-order valence-electron chi connectivity index (χ4n) is 22.6. The van der Waals surface area contributed by atoms with Gasteiger partial charge in [0, 0.05) is 183 Å². The number of aryl methyl sites for hydroxylation is 1. The van der Waals surface area contributed by atoms with Crippen molar-refractivity contribution in [3.63, 3.8) is 0 Å². The molecule has 10 saturated heterocycles. The first kappa shape index (κ1) is 107. The highest BCUT2D eigenvalue weighted by molar-refractivity contribution is 6.42. The van der Waals surface area contributed by atoms with Gasteiger partial charge in [0.1, 0.15) is 41.4 Å². The summed E-state index contributed by atoms with van der Waals surface area (Å²) in [4.78, 5) is 103. The minimum Gasteiger partial charge on any atom is -0.491 e. The first-order valence-corrected chi connectivity index (χ1v) is 51.0. The summed E-state index contributed by atoms with van der Waals surface area (Å²) in [5.41, 5.74) is 69.0. The van der Waals surface area contributed by atoms with Crippen molar-refractivity contribution in [2.75, 3.05) is 172 Å². The Morgan fingerprint density at radius 2 is 0.664 bits per heavy atom. The Morgan fingerprint density at radius 1 is 0.377 bits per heavy atom. The Bertz CT molecular complexity index is 6780. The van der Waals surface area contributed by atoms with Crippen molar-refractivity contribution in [1.82, 2.24) is 52.7 Å². The molecule has 10 aliphatic rings. The van der Waals surface area contributed by atoms with E-state index in [1.807, 2.05) is 90.1 Å². The molecule has 4 aromatic carbocycles. The molecule has 42 heteroatoms. The van der Waals surface area contributed by atoms with Crippen LogP contribution in [0.4, 0.5) is 58.8 Å². The molecule has 5 spiro atoms. The monoisotopic (exact) mass is 2060 g/mol. The van der Waals surface area contributed by atoms with Crippen LogP contribution in [0.5, 0.6) is 5.75 Å². The van der Waals surface area contributed by atoms with Crippen molar-refractivity contribution in [3.05, 3.63) is 187 Å².